The zero-order chi connectivity index (χ0) is 14.9. The molecule has 2 saturated carbocycles. The van der Waals surface area contributed by atoms with Crippen LogP contribution in [0.15, 0.2) is 0 Å². The SMILES string of the molecule is O=C(NCC1(C(=O)O)CCOCC1)N(CC1CC1)C1CC1. The molecule has 2 amide bonds. The number of urea groups is 1. The van der Waals surface area contributed by atoms with Crippen molar-refractivity contribution in [3.8, 4) is 0 Å². The second-order valence-electron chi connectivity index (χ2n) is 6.68. The lowest BCUT2D eigenvalue weighted by Crippen LogP contribution is -2.50. The minimum absolute atomic E-state index is 0.0866. The molecule has 0 spiro atoms. The Bertz CT molecular complexity index is 412. The molecule has 0 radical (unpaired) electrons. The highest BCUT2D eigenvalue weighted by Gasteiger charge is 2.42. The molecule has 6 heteroatoms. The van der Waals surface area contributed by atoms with E-state index < -0.39 is 11.4 Å². The Balaban J connectivity index is 1.56. The Morgan fingerprint density at radius 3 is 2.38 bits per heavy atom. The molecule has 2 aliphatic carbocycles. The lowest BCUT2D eigenvalue weighted by molar-refractivity contribution is -0.154. The van der Waals surface area contributed by atoms with Crippen molar-refractivity contribution in [1.29, 1.82) is 0 Å². The number of amides is 2. The highest BCUT2D eigenvalue weighted by atomic mass is 16.5. The summed E-state index contributed by atoms with van der Waals surface area (Å²) >= 11 is 0. The molecule has 1 heterocycles. The molecule has 0 bridgehead atoms. The third-order valence-corrected chi connectivity index (χ3v) is 4.88. The van der Waals surface area contributed by atoms with Crippen molar-refractivity contribution in [3.63, 3.8) is 0 Å². The van der Waals surface area contributed by atoms with Gasteiger partial charge in [-0.3, -0.25) is 4.79 Å². The lowest BCUT2D eigenvalue weighted by atomic mass is 9.80. The van der Waals surface area contributed by atoms with Crippen molar-refractivity contribution in [3.05, 3.63) is 0 Å². The third-order valence-electron chi connectivity index (χ3n) is 4.88. The van der Waals surface area contributed by atoms with Crippen LogP contribution in [0.1, 0.15) is 38.5 Å². The van der Waals surface area contributed by atoms with Gasteiger partial charge in [-0.25, -0.2) is 4.79 Å². The first-order chi connectivity index (χ1) is 10.1. The van der Waals surface area contributed by atoms with Gasteiger partial charge < -0.3 is 20.1 Å². The lowest BCUT2D eigenvalue weighted by Gasteiger charge is -2.34. The maximum Gasteiger partial charge on any atom is 0.317 e. The van der Waals surface area contributed by atoms with Crippen LogP contribution in [0.5, 0.6) is 0 Å². The molecule has 3 fully saturated rings. The molecule has 1 saturated heterocycles. The fourth-order valence-electron chi connectivity index (χ4n) is 2.94. The van der Waals surface area contributed by atoms with Gasteiger partial charge in [-0.1, -0.05) is 0 Å². The highest BCUT2D eigenvalue weighted by Crippen LogP contribution is 2.35. The number of rotatable bonds is 6. The van der Waals surface area contributed by atoms with E-state index in [2.05, 4.69) is 5.32 Å². The standard InChI is InChI=1S/C15H24N2O4/c18-13(19)15(5-7-21-8-6-15)10-16-14(20)17(12-3-4-12)9-11-1-2-11/h11-12H,1-10H2,(H,16,20)(H,18,19). The normalized spacial score (nSPS) is 24.4. The van der Waals surface area contributed by atoms with Crippen LogP contribution in [0.3, 0.4) is 0 Å². The van der Waals surface area contributed by atoms with Gasteiger partial charge in [0.05, 0.1) is 5.41 Å². The Morgan fingerprint density at radius 2 is 1.86 bits per heavy atom. The number of aliphatic carboxylic acids is 1. The average Bonchev–Trinajstić information content (AvgIpc) is 3.37. The first kappa shape index (κ1) is 14.6. The molecule has 3 rings (SSSR count). The number of ether oxygens (including phenoxy) is 1. The van der Waals surface area contributed by atoms with Gasteiger partial charge >= 0.3 is 12.0 Å². The molecule has 0 aromatic heterocycles. The van der Waals surface area contributed by atoms with Crippen LogP contribution in [0.4, 0.5) is 4.79 Å². The average molecular weight is 296 g/mol. The Labute approximate surface area is 124 Å². The van der Waals surface area contributed by atoms with Crippen LogP contribution in [-0.2, 0) is 9.53 Å². The van der Waals surface area contributed by atoms with E-state index in [1.165, 1.54) is 12.8 Å². The highest BCUT2D eigenvalue weighted by molar-refractivity contribution is 5.78. The minimum Gasteiger partial charge on any atom is -0.481 e. The molecule has 6 nitrogen and oxygen atoms in total. The number of hydrogen-bond acceptors (Lipinski definition) is 3. The number of carbonyl (C=O) groups is 2. The summed E-state index contributed by atoms with van der Waals surface area (Å²) < 4.78 is 5.25. The summed E-state index contributed by atoms with van der Waals surface area (Å²) in [4.78, 5) is 25.9. The Hall–Kier alpha value is -1.30. The second-order valence-corrected chi connectivity index (χ2v) is 6.68. The van der Waals surface area contributed by atoms with Crippen molar-refractivity contribution < 1.29 is 19.4 Å². The van der Waals surface area contributed by atoms with E-state index in [1.54, 1.807) is 0 Å². The Morgan fingerprint density at radius 1 is 1.19 bits per heavy atom. The van der Waals surface area contributed by atoms with Crippen LogP contribution in [0, 0.1) is 11.3 Å². The second kappa shape index (κ2) is 5.83. The number of carboxylic acids is 1. The number of hydrogen-bond donors (Lipinski definition) is 2. The number of carboxylic acid groups (broad SMARTS) is 1. The molecule has 21 heavy (non-hydrogen) atoms. The fourth-order valence-corrected chi connectivity index (χ4v) is 2.94. The van der Waals surface area contributed by atoms with Crippen molar-refractivity contribution in [1.82, 2.24) is 10.2 Å². The van der Waals surface area contributed by atoms with E-state index in [1.807, 2.05) is 4.90 Å². The van der Waals surface area contributed by atoms with Gasteiger partial charge in [0.25, 0.3) is 0 Å². The van der Waals surface area contributed by atoms with Crippen molar-refractivity contribution in [2.45, 2.75) is 44.6 Å². The number of nitrogens with one attached hydrogen (secondary N) is 1. The number of carbonyl (C=O) groups excluding carboxylic acids is 1. The van der Waals surface area contributed by atoms with Crippen LogP contribution in [-0.4, -0.2) is 54.4 Å². The van der Waals surface area contributed by atoms with Crippen LogP contribution in [0.2, 0.25) is 0 Å². The maximum atomic E-state index is 12.4. The summed E-state index contributed by atoms with van der Waals surface area (Å²) in [6.45, 7) is 1.95. The summed E-state index contributed by atoms with van der Waals surface area (Å²) in [5.74, 6) is -0.167. The van der Waals surface area contributed by atoms with Crippen LogP contribution >= 0.6 is 0 Å². The predicted octanol–water partition coefficient (Wildman–Crippen LogP) is 1.45. The predicted molar refractivity (Wildman–Crippen MR) is 76.0 cm³/mol. The van der Waals surface area contributed by atoms with Gasteiger partial charge in [0.2, 0.25) is 0 Å². The molecular weight excluding hydrogens is 272 g/mol. The van der Waals surface area contributed by atoms with Crippen molar-refractivity contribution in [2.75, 3.05) is 26.3 Å². The summed E-state index contributed by atoms with van der Waals surface area (Å²) in [7, 11) is 0. The Kier molecular flexibility index (Phi) is 4.06. The smallest absolute Gasteiger partial charge is 0.317 e. The zero-order valence-electron chi connectivity index (χ0n) is 12.3. The molecule has 1 aliphatic heterocycles. The summed E-state index contributed by atoms with van der Waals surface area (Å²) in [5, 5.41) is 12.4. The van der Waals surface area contributed by atoms with E-state index in [-0.39, 0.29) is 12.6 Å². The molecule has 2 N–H and O–H groups in total. The monoisotopic (exact) mass is 296 g/mol. The molecule has 0 aromatic rings. The first-order valence-electron chi connectivity index (χ1n) is 7.96. The summed E-state index contributed by atoms with van der Waals surface area (Å²) in [5.41, 5.74) is -0.858. The van der Waals surface area contributed by atoms with Gasteiger partial charge in [-0.2, -0.15) is 0 Å². The quantitative estimate of drug-likeness (QED) is 0.777. The first-order valence-corrected chi connectivity index (χ1v) is 7.96. The topological polar surface area (TPSA) is 78.9 Å². The summed E-state index contributed by atoms with van der Waals surface area (Å²) in [6, 6.07) is 0.289. The zero-order valence-corrected chi connectivity index (χ0v) is 12.3. The molecule has 0 unspecified atom stereocenters. The molecule has 118 valence electrons. The van der Waals surface area contributed by atoms with Crippen LogP contribution < -0.4 is 5.32 Å². The van der Waals surface area contributed by atoms with Gasteiger partial charge in [-0.15, -0.1) is 0 Å². The van der Waals surface area contributed by atoms with E-state index in [4.69, 9.17) is 4.74 Å². The van der Waals surface area contributed by atoms with Gasteiger partial charge in [-0.05, 0) is 44.4 Å². The maximum absolute atomic E-state index is 12.4. The molecule has 0 aromatic carbocycles. The molecule has 0 atom stereocenters. The minimum atomic E-state index is -0.858. The van der Waals surface area contributed by atoms with Gasteiger partial charge in [0.1, 0.15) is 0 Å². The van der Waals surface area contributed by atoms with Crippen LogP contribution in [0.25, 0.3) is 0 Å². The van der Waals surface area contributed by atoms with E-state index in [9.17, 15) is 14.7 Å². The fraction of sp³-hybridized carbons (Fsp3) is 0.867. The van der Waals surface area contributed by atoms with E-state index in [0.29, 0.717) is 38.0 Å². The number of nitrogens with zero attached hydrogens (tertiary/aromatic N) is 1. The van der Waals surface area contributed by atoms with Crippen molar-refractivity contribution in [2.24, 2.45) is 11.3 Å². The third kappa shape index (κ3) is 3.48. The molecule has 3 aliphatic rings. The van der Waals surface area contributed by atoms with E-state index >= 15 is 0 Å². The molecular formula is C15H24N2O4. The largest absolute Gasteiger partial charge is 0.481 e. The van der Waals surface area contributed by atoms with Crippen molar-refractivity contribution >= 4 is 12.0 Å². The van der Waals surface area contributed by atoms with Gasteiger partial charge in [0.15, 0.2) is 0 Å². The van der Waals surface area contributed by atoms with E-state index in [0.717, 1.165) is 19.4 Å². The summed E-state index contributed by atoms with van der Waals surface area (Å²) in [6.07, 6.45) is 5.53. The van der Waals surface area contributed by atoms with Gasteiger partial charge in [0, 0.05) is 32.3 Å².